The van der Waals surface area contributed by atoms with E-state index < -0.39 is 82.8 Å². The number of hydrogen-bond acceptors (Lipinski definition) is 10. The molecule has 20 heteroatoms. The topological polar surface area (TPSA) is 239 Å². The van der Waals surface area contributed by atoms with Gasteiger partial charge in [0, 0.05) is 37.0 Å². The van der Waals surface area contributed by atoms with E-state index in [9.17, 15) is 38.4 Å². The predicted octanol–water partition coefficient (Wildman–Crippen LogP) is 4.47. The molecule has 0 bridgehead atoms. The first kappa shape index (κ1) is 63.5. The van der Waals surface area contributed by atoms with Crippen molar-refractivity contribution < 1.29 is 38.4 Å². The summed E-state index contributed by atoms with van der Waals surface area (Å²) in [5.41, 5.74) is 3.08. The number of nitrogens with one attached hydrogen (secondary N) is 8. The molecule has 2 aromatic carbocycles. The molecule has 5 aliphatic rings. The average molecular weight is 1120 g/mol. The summed E-state index contributed by atoms with van der Waals surface area (Å²) in [6.07, 6.45) is 7.32. The fraction of sp³-hybridized carbons (Fsp3) is 0.655. The Kier molecular flexibility index (Phi) is 22.2. The standard InChI is InChI=1S/C58H86N10O8.2ClH/c1-33(59-9)49(69)65-47(57(3,4)5)55(75)67-31-39(29-45(67)53(73)63-43-23-15-19-35-17-11-13-21-41(35)43)61-51(71)37-25-27-38(28-26-37)52(72)62-40-30-46(54(74)64-44-24-16-20-36-18-12-14-22-42(36)44)68(32-40)56(76)48(58(6,7)8)66-50(70)34(2)60-10;;/h11-14,17-18,21-22,33-34,37-40,43-48,59-60H,15-16,19-20,23-32H2,1-10H3,(H,61,71)(H,62,72)(H,63,73)(H,64,74)(H,65,69)(H,66,70);2*1H/t33-,34-,37?,38?,39-,40-,43+,44+,45-,46-,47+,48+;;/m0../s1. The maximum atomic E-state index is 14.7. The zero-order valence-corrected chi connectivity index (χ0v) is 49.1. The molecule has 0 unspecified atom stereocenters. The van der Waals surface area contributed by atoms with Gasteiger partial charge in [0.2, 0.25) is 47.3 Å². The van der Waals surface area contributed by atoms with E-state index in [1.807, 2.05) is 77.9 Å². The highest BCUT2D eigenvalue weighted by molar-refractivity contribution is 5.96. The number of fused-ring (bicyclic) bond motifs is 2. The molecule has 0 radical (unpaired) electrons. The molecule has 78 heavy (non-hydrogen) atoms. The van der Waals surface area contributed by atoms with Gasteiger partial charge >= 0.3 is 0 Å². The lowest BCUT2D eigenvalue weighted by atomic mass is 9.81. The lowest BCUT2D eigenvalue weighted by molar-refractivity contribution is -0.144. The molecule has 3 aliphatic carbocycles. The van der Waals surface area contributed by atoms with E-state index in [1.54, 1.807) is 27.9 Å². The van der Waals surface area contributed by atoms with E-state index in [0.717, 1.165) is 49.7 Å². The van der Waals surface area contributed by atoms with E-state index in [4.69, 9.17) is 0 Å². The van der Waals surface area contributed by atoms with Crippen LogP contribution in [0, 0.1) is 22.7 Å². The summed E-state index contributed by atoms with van der Waals surface area (Å²) in [7, 11) is 3.34. The van der Waals surface area contributed by atoms with Crippen molar-refractivity contribution in [2.75, 3.05) is 27.2 Å². The number of nitrogens with zero attached hydrogens (tertiary/aromatic N) is 2. The monoisotopic (exact) mass is 1120 g/mol. The van der Waals surface area contributed by atoms with Gasteiger partial charge in [0.1, 0.15) is 24.2 Å². The number of carbonyl (C=O) groups excluding carboxylic acids is 8. The van der Waals surface area contributed by atoms with Gasteiger partial charge in [-0.3, -0.25) is 38.4 Å². The van der Waals surface area contributed by atoms with Crippen molar-refractivity contribution >= 4 is 72.1 Å². The smallest absolute Gasteiger partial charge is 0.246 e. The maximum Gasteiger partial charge on any atom is 0.246 e. The molecule has 2 aliphatic heterocycles. The van der Waals surface area contributed by atoms with Gasteiger partial charge in [0.05, 0.1) is 24.2 Å². The minimum Gasteiger partial charge on any atom is -0.351 e. The van der Waals surface area contributed by atoms with E-state index in [0.29, 0.717) is 25.7 Å². The van der Waals surface area contributed by atoms with Crippen LogP contribution in [0.15, 0.2) is 48.5 Å². The summed E-state index contributed by atoms with van der Waals surface area (Å²) in [4.78, 5) is 116. The fourth-order valence-corrected chi connectivity index (χ4v) is 11.9. The van der Waals surface area contributed by atoms with Gasteiger partial charge in [-0.25, -0.2) is 0 Å². The van der Waals surface area contributed by atoms with Crippen LogP contribution < -0.4 is 42.5 Å². The van der Waals surface area contributed by atoms with Crippen LogP contribution in [0.1, 0.15) is 154 Å². The van der Waals surface area contributed by atoms with Crippen molar-refractivity contribution in [1.82, 2.24) is 52.3 Å². The molecule has 432 valence electrons. The molecular formula is C58H88Cl2N10O8. The first-order valence-corrected chi connectivity index (χ1v) is 27.9. The second-order valence-electron chi connectivity index (χ2n) is 24.4. The molecule has 2 aromatic rings. The second kappa shape index (κ2) is 27.2. The van der Waals surface area contributed by atoms with Crippen molar-refractivity contribution in [3.63, 3.8) is 0 Å². The molecule has 2 saturated heterocycles. The molecule has 18 nitrogen and oxygen atoms in total. The number of benzene rings is 2. The predicted molar refractivity (Wildman–Crippen MR) is 304 cm³/mol. The third-order valence-electron chi connectivity index (χ3n) is 16.8. The summed E-state index contributed by atoms with van der Waals surface area (Å²) in [5.74, 6) is -3.31. The Bertz CT molecular complexity index is 2310. The molecule has 0 aromatic heterocycles. The molecule has 8 N–H and O–H groups in total. The van der Waals surface area contributed by atoms with Crippen LogP contribution >= 0.6 is 24.8 Å². The Morgan fingerprint density at radius 3 is 1.18 bits per heavy atom. The van der Waals surface area contributed by atoms with E-state index >= 15 is 0 Å². The zero-order valence-electron chi connectivity index (χ0n) is 47.4. The van der Waals surface area contributed by atoms with Gasteiger partial charge in [0.25, 0.3) is 0 Å². The summed E-state index contributed by atoms with van der Waals surface area (Å²) >= 11 is 0. The molecular weight excluding hydrogens is 1040 g/mol. The Morgan fingerprint density at radius 2 is 0.846 bits per heavy atom. The van der Waals surface area contributed by atoms with Gasteiger partial charge in [-0.05, 0) is 138 Å². The number of hydrogen-bond donors (Lipinski definition) is 8. The molecule has 8 amide bonds. The third-order valence-corrected chi connectivity index (χ3v) is 16.8. The van der Waals surface area contributed by atoms with Gasteiger partial charge in [-0.15, -0.1) is 24.8 Å². The number of rotatable bonds is 16. The second-order valence-corrected chi connectivity index (χ2v) is 24.4. The summed E-state index contributed by atoms with van der Waals surface area (Å²) < 4.78 is 0. The Labute approximate surface area is 474 Å². The molecule has 7 rings (SSSR count). The van der Waals surface area contributed by atoms with Gasteiger partial charge in [0.15, 0.2) is 0 Å². The first-order valence-electron chi connectivity index (χ1n) is 27.9. The van der Waals surface area contributed by atoms with Crippen molar-refractivity contribution in [1.29, 1.82) is 0 Å². The Morgan fingerprint density at radius 1 is 0.500 bits per heavy atom. The van der Waals surface area contributed by atoms with Crippen molar-refractivity contribution in [3.05, 3.63) is 70.8 Å². The van der Waals surface area contributed by atoms with Crippen LogP contribution in [0.25, 0.3) is 0 Å². The molecule has 1 saturated carbocycles. The summed E-state index contributed by atoms with van der Waals surface area (Å²) in [6.45, 7) is 14.8. The van der Waals surface area contributed by atoms with E-state index in [-0.39, 0.29) is 98.3 Å². The number of amides is 8. The van der Waals surface area contributed by atoms with Crippen LogP contribution in [-0.4, -0.2) is 133 Å². The summed E-state index contributed by atoms with van der Waals surface area (Å²) in [5, 5.41) is 24.6. The zero-order chi connectivity index (χ0) is 55.2. The van der Waals surface area contributed by atoms with Crippen LogP contribution in [-0.2, 0) is 51.2 Å². The Balaban J connectivity index is 0.00000560. The molecule has 0 spiro atoms. The van der Waals surface area contributed by atoms with Gasteiger partial charge in [-0.2, -0.15) is 0 Å². The molecule has 3 fully saturated rings. The quantitative estimate of drug-likeness (QED) is 0.117. The largest absolute Gasteiger partial charge is 0.351 e. The Hall–Kier alpha value is -5.30. The highest BCUT2D eigenvalue weighted by atomic mass is 35.5. The normalized spacial score (nSPS) is 25.4. The minimum atomic E-state index is -0.951. The minimum absolute atomic E-state index is 0. The third kappa shape index (κ3) is 15.1. The van der Waals surface area contributed by atoms with E-state index in [2.05, 4.69) is 54.7 Å². The van der Waals surface area contributed by atoms with Gasteiger partial charge < -0.3 is 52.3 Å². The van der Waals surface area contributed by atoms with Crippen LogP contribution in [0.5, 0.6) is 0 Å². The number of halogens is 2. The highest BCUT2D eigenvalue weighted by Crippen LogP contribution is 2.35. The highest BCUT2D eigenvalue weighted by Gasteiger charge is 2.49. The number of aryl methyl sites for hydroxylation is 2. The van der Waals surface area contributed by atoms with Crippen LogP contribution in [0.3, 0.4) is 0 Å². The average Bonchev–Trinajstić information content (AvgIpc) is 4.03. The van der Waals surface area contributed by atoms with Crippen LogP contribution in [0.2, 0.25) is 0 Å². The number of likely N-dealkylation sites (tertiary alicyclic amines) is 2. The lowest BCUT2D eigenvalue weighted by Gasteiger charge is -2.36. The van der Waals surface area contributed by atoms with Crippen molar-refractivity contribution in [2.24, 2.45) is 22.7 Å². The maximum absolute atomic E-state index is 14.7. The van der Waals surface area contributed by atoms with Crippen molar-refractivity contribution in [2.45, 2.75) is 193 Å². The number of likely N-dealkylation sites (N-methyl/N-ethyl adjacent to an activating group) is 2. The SMILES string of the molecule is CN[C@@H](C)C(=O)N[C@H](C(=O)N1C[C@@H](NC(=O)C2CCC(C(=O)N[C@H]3C[C@@H](C(=O)N[C@@H]4CCCc5ccccc54)N(C(=O)[C@@H](NC(=O)[C@H](C)NC)C(C)(C)C)C3)CC2)C[C@H]1C(=O)N[C@@H]1CCCc2ccccc21)C(C)(C)C.Cl.Cl. The van der Waals surface area contributed by atoms with Crippen LogP contribution in [0.4, 0.5) is 0 Å². The van der Waals surface area contributed by atoms with Crippen molar-refractivity contribution in [3.8, 4) is 0 Å². The molecule has 2 heterocycles. The fourth-order valence-electron chi connectivity index (χ4n) is 11.9. The number of carbonyl (C=O) groups is 8. The van der Waals surface area contributed by atoms with E-state index in [1.165, 1.54) is 20.9 Å². The van der Waals surface area contributed by atoms with Gasteiger partial charge in [-0.1, -0.05) is 90.1 Å². The molecule has 10 atom stereocenters. The lowest BCUT2D eigenvalue weighted by Crippen LogP contribution is -2.59. The summed E-state index contributed by atoms with van der Waals surface area (Å²) in [6, 6.07) is 9.80. The first-order chi connectivity index (χ1) is 36.0.